The Morgan fingerprint density at radius 1 is 0.923 bits per heavy atom. The highest BCUT2D eigenvalue weighted by Gasteiger charge is 2.11. The molecule has 0 fully saturated rings. The minimum absolute atomic E-state index is 0.00428. The molecule has 0 aliphatic carbocycles. The van der Waals surface area contributed by atoms with E-state index in [1.165, 1.54) is 31.3 Å². The fourth-order valence-electron chi connectivity index (χ4n) is 2.32. The summed E-state index contributed by atoms with van der Waals surface area (Å²) in [5.74, 6) is -0.537. The van der Waals surface area contributed by atoms with Gasteiger partial charge in [-0.3, -0.25) is 9.59 Å². The van der Waals surface area contributed by atoms with Crippen LogP contribution in [0.2, 0.25) is 0 Å². The third-order valence-corrected chi connectivity index (χ3v) is 3.70. The van der Waals surface area contributed by atoms with Crippen LogP contribution in [0.4, 0.5) is 21.6 Å². The number of amides is 1. The number of Topliss-reactive ketones (excluding diaryl/α,β-unsaturated/α-hetero) is 1. The monoisotopic (exact) mass is 349 g/mol. The lowest BCUT2D eigenvalue weighted by Crippen LogP contribution is -2.13. The maximum atomic E-state index is 13.6. The normalized spacial score (nSPS) is 10.2. The molecule has 0 unspecified atom stereocenters. The van der Waals surface area contributed by atoms with E-state index in [-0.39, 0.29) is 11.3 Å². The number of ketones is 1. The van der Waals surface area contributed by atoms with Gasteiger partial charge in [0.1, 0.15) is 11.6 Å². The van der Waals surface area contributed by atoms with Gasteiger partial charge in [-0.25, -0.2) is 9.37 Å². The number of rotatable bonds is 5. The zero-order valence-electron chi connectivity index (χ0n) is 14.0. The van der Waals surface area contributed by atoms with E-state index in [2.05, 4.69) is 15.6 Å². The molecule has 2 aromatic carbocycles. The Morgan fingerprint density at radius 3 is 2.23 bits per heavy atom. The van der Waals surface area contributed by atoms with E-state index in [1.807, 2.05) is 0 Å². The van der Waals surface area contributed by atoms with Crippen LogP contribution in [-0.4, -0.2) is 16.7 Å². The van der Waals surface area contributed by atoms with Crippen LogP contribution in [0.5, 0.6) is 0 Å². The molecule has 0 bridgehead atoms. The van der Waals surface area contributed by atoms with Crippen molar-refractivity contribution in [1.82, 2.24) is 4.98 Å². The van der Waals surface area contributed by atoms with Crippen molar-refractivity contribution in [2.45, 2.75) is 6.92 Å². The lowest BCUT2D eigenvalue weighted by molar-refractivity contribution is 0.101. The van der Waals surface area contributed by atoms with E-state index < -0.39 is 11.7 Å². The Bertz CT molecular complexity index is 938. The number of pyridine rings is 1. The van der Waals surface area contributed by atoms with Crippen LogP contribution in [0.1, 0.15) is 27.6 Å². The van der Waals surface area contributed by atoms with Gasteiger partial charge in [-0.05, 0) is 55.5 Å². The Kier molecular flexibility index (Phi) is 5.03. The molecule has 0 saturated carbocycles. The minimum atomic E-state index is -0.578. The molecule has 26 heavy (non-hydrogen) atoms. The fourth-order valence-corrected chi connectivity index (χ4v) is 2.32. The number of hydrogen-bond donors (Lipinski definition) is 2. The summed E-state index contributed by atoms with van der Waals surface area (Å²) in [7, 11) is 0. The van der Waals surface area contributed by atoms with E-state index in [1.54, 1.807) is 42.5 Å². The fraction of sp³-hybridized carbons (Fsp3) is 0.0500. The summed E-state index contributed by atoms with van der Waals surface area (Å²) in [5, 5.41) is 5.70. The van der Waals surface area contributed by atoms with Crippen molar-refractivity contribution in [3.63, 3.8) is 0 Å². The summed E-state index contributed by atoms with van der Waals surface area (Å²) in [6, 6.07) is 16.2. The minimum Gasteiger partial charge on any atom is -0.340 e. The van der Waals surface area contributed by atoms with Gasteiger partial charge in [0.2, 0.25) is 0 Å². The summed E-state index contributed by atoms with van der Waals surface area (Å²) in [6.45, 7) is 1.51. The first-order valence-corrected chi connectivity index (χ1v) is 7.93. The molecule has 130 valence electrons. The Labute approximate surface area is 149 Å². The second-order valence-electron chi connectivity index (χ2n) is 5.62. The highest BCUT2D eigenvalue weighted by molar-refractivity contribution is 6.04. The van der Waals surface area contributed by atoms with E-state index in [9.17, 15) is 14.0 Å². The molecular weight excluding hydrogens is 333 g/mol. The zero-order valence-corrected chi connectivity index (χ0v) is 14.0. The smallest absolute Gasteiger partial charge is 0.258 e. The first kappa shape index (κ1) is 17.3. The van der Waals surface area contributed by atoms with Crippen LogP contribution in [0, 0.1) is 5.82 Å². The Balaban J connectivity index is 1.66. The average molecular weight is 349 g/mol. The third-order valence-electron chi connectivity index (χ3n) is 3.70. The number of carbonyl (C=O) groups excluding carboxylic acids is 2. The topological polar surface area (TPSA) is 71.1 Å². The summed E-state index contributed by atoms with van der Waals surface area (Å²) in [4.78, 5) is 27.6. The molecular formula is C20H16FN3O2. The highest BCUT2D eigenvalue weighted by Crippen LogP contribution is 2.18. The first-order chi connectivity index (χ1) is 12.5. The van der Waals surface area contributed by atoms with Crippen molar-refractivity contribution in [1.29, 1.82) is 0 Å². The maximum absolute atomic E-state index is 13.6. The van der Waals surface area contributed by atoms with Gasteiger partial charge in [-0.2, -0.15) is 0 Å². The number of anilines is 3. The lowest BCUT2D eigenvalue weighted by atomic mass is 10.1. The van der Waals surface area contributed by atoms with Gasteiger partial charge in [0.15, 0.2) is 5.78 Å². The SMILES string of the molecule is CC(=O)c1ccc(Nc2ccc(NC(=O)c3ccccc3F)cn2)cc1. The second-order valence-corrected chi connectivity index (χ2v) is 5.62. The molecule has 0 atom stereocenters. The van der Waals surface area contributed by atoms with Crippen LogP contribution in [0.3, 0.4) is 0 Å². The number of carbonyl (C=O) groups is 2. The predicted octanol–water partition coefficient (Wildman–Crippen LogP) is 4.42. The standard InChI is InChI=1S/C20H16FN3O2/c1-13(25)14-6-8-15(9-7-14)23-19-11-10-16(12-22-19)24-20(26)17-4-2-3-5-18(17)21/h2-12H,1H3,(H,22,23)(H,24,26). The van der Waals surface area contributed by atoms with Gasteiger partial charge in [-0.15, -0.1) is 0 Å². The summed E-state index contributed by atoms with van der Waals surface area (Å²) in [5.41, 5.74) is 1.84. The first-order valence-electron chi connectivity index (χ1n) is 7.93. The predicted molar refractivity (Wildman–Crippen MR) is 98.3 cm³/mol. The van der Waals surface area contributed by atoms with Crippen molar-refractivity contribution in [2.24, 2.45) is 0 Å². The van der Waals surface area contributed by atoms with Crippen LogP contribution < -0.4 is 10.6 Å². The van der Waals surface area contributed by atoms with Gasteiger partial charge in [0.25, 0.3) is 5.91 Å². The molecule has 3 aromatic rings. The average Bonchev–Trinajstić information content (AvgIpc) is 2.64. The van der Waals surface area contributed by atoms with Gasteiger partial charge in [-0.1, -0.05) is 12.1 Å². The molecule has 2 N–H and O–H groups in total. The molecule has 0 saturated heterocycles. The molecule has 1 amide bonds. The molecule has 0 radical (unpaired) electrons. The number of nitrogens with one attached hydrogen (secondary N) is 2. The van der Waals surface area contributed by atoms with E-state index >= 15 is 0 Å². The van der Waals surface area contributed by atoms with Crippen molar-refractivity contribution >= 4 is 28.9 Å². The molecule has 5 nitrogen and oxygen atoms in total. The highest BCUT2D eigenvalue weighted by atomic mass is 19.1. The summed E-state index contributed by atoms with van der Waals surface area (Å²) in [6.07, 6.45) is 1.48. The maximum Gasteiger partial charge on any atom is 0.258 e. The zero-order chi connectivity index (χ0) is 18.5. The molecule has 3 rings (SSSR count). The van der Waals surface area contributed by atoms with E-state index in [4.69, 9.17) is 0 Å². The lowest BCUT2D eigenvalue weighted by Gasteiger charge is -2.08. The van der Waals surface area contributed by atoms with Crippen LogP contribution in [-0.2, 0) is 0 Å². The number of aromatic nitrogens is 1. The molecule has 0 aliphatic heterocycles. The van der Waals surface area contributed by atoms with Crippen molar-refractivity contribution in [3.05, 3.63) is 83.8 Å². The van der Waals surface area contributed by atoms with Crippen molar-refractivity contribution < 1.29 is 14.0 Å². The number of benzene rings is 2. The number of halogens is 1. The van der Waals surface area contributed by atoms with Gasteiger partial charge in [0.05, 0.1) is 17.4 Å². The molecule has 6 heteroatoms. The van der Waals surface area contributed by atoms with E-state index in [0.717, 1.165) is 5.69 Å². The second kappa shape index (κ2) is 7.57. The molecule has 1 heterocycles. The van der Waals surface area contributed by atoms with Crippen LogP contribution >= 0.6 is 0 Å². The number of hydrogen-bond acceptors (Lipinski definition) is 4. The van der Waals surface area contributed by atoms with Crippen LogP contribution in [0.25, 0.3) is 0 Å². The Hall–Kier alpha value is -3.54. The van der Waals surface area contributed by atoms with E-state index in [0.29, 0.717) is 17.1 Å². The van der Waals surface area contributed by atoms with Crippen LogP contribution in [0.15, 0.2) is 66.9 Å². The van der Waals surface area contributed by atoms with Gasteiger partial charge < -0.3 is 10.6 Å². The number of nitrogens with zero attached hydrogens (tertiary/aromatic N) is 1. The quantitative estimate of drug-likeness (QED) is 0.669. The molecule has 0 spiro atoms. The molecule has 1 aromatic heterocycles. The molecule has 0 aliphatic rings. The summed E-state index contributed by atoms with van der Waals surface area (Å²) >= 11 is 0. The largest absolute Gasteiger partial charge is 0.340 e. The van der Waals surface area contributed by atoms with Gasteiger partial charge in [0, 0.05) is 11.3 Å². The van der Waals surface area contributed by atoms with Crippen molar-refractivity contribution in [2.75, 3.05) is 10.6 Å². The summed E-state index contributed by atoms with van der Waals surface area (Å²) < 4.78 is 13.6. The third kappa shape index (κ3) is 4.10. The van der Waals surface area contributed by atoms with Crippen molar-refractivity contribution in [3.8, 4) is 0 Å². The Morgan fingerprint density at radius 2 is 1.62 bits per heavy atom. The van der Waals surface area contributed by atoms with Gasteiger partial charge >= 0.3 is 0 Å².